The molecule has 0 unspecified atom stereocenters. The third kappa shape index (κ3) is 7.43. The molecule has 0 saturated carbocycles. The molecule has 0 bridgehead atoms. The first-order chi connectivity index (χ1) is 18.5. The van der Waals surface area contributed by atoms with Gasteiger partial charge in [-0.15, -0.1) is 0 Å². The van der Waals surface area contributed by atoms with Crippen LogP contribution in [0.25, 0.3) is 10.8 Å². The molecule has 0 aliphatic heterocycles. The molecule has 0 heterocycles. The predicted molar refractivity (Wildman–Crippen MR) is 152 cm³/mol. The first-order valence-electron chi connectivity index (χ1n) is 12.2. The van der Waals surface area contributed by atoms with Gasteiger partial charge in [-0.1, -0.05) is 88.7 Å². The van der Waals surface area contributed by atoms with E-state index in [1.165, 1.54) is 0 Å². The minimum Gasteiger partial charge on any atom is -0.488 e. The van der Waals surface area contributed by atoms with Crippen LogP contribution in [0.4, 0.5) is 4.79 Å². The lowest BCUT2D eigenvalue weighted by molar-refractivity contribution is -0.121. The molecule has 194 valence electrons. The number of hydrazone groups is 1. The molecule has 2 N–H and O–H groups in total. The fraction of sp³-hybridized carbons (Fsp3) is 0.167. The topological polar surface area (TPSA) is 89.0 Å². The van der Waals surface area contributed by atoms with Gasteiger partial charge >= 0.3 is 6.09 Å². The second kappa shape index (κ2) is 13.4. The lowest BCUT2D eigenvalue weighted by Gasteiger charge is -2.18. The van der Waals surface area contributed by atoms with Gasteiger partial charge in [-0.05, 0) is 47.0 Å². The molecule has 38 heavy (non-hydrogen) atoms. The Balaban J connectivity index is 1.49. The van der Waals surface area contributed by atoms with Gasteiger partial charge in [-0.2, -0.15) is 5.10 Å². The molecule has 0 fully saturated rings. The highest BCUT2D eigenvalue weighted by atomic mass is 79.9. The Morgan fingerprint density at radius 2 is 1.68 bits per heavy atom. The van der Waals surface area contributed by atoms with Gasteiger partial charge in [0, 0.05) is 10.0 Å². The smallest absolute Gasteiger partial charge is 0.407 e. The SMILES string of the molecule is CCOC(=O)N[C@@H](CC(=O)N/N=C\c1c(OCc2ccc(Br)cc2)ccc2ccccc12)c1ccccc1. The van der Waals surface area contributed by atoms with Crippen LogP contribution in [0, 0.1) is 0 Å². The molecule has 0 aliphatic rings. The number of benzene rings is 4. The van der Waals surface area contributed by atoms with Gasteiger partial charge in [0.15, 0.2) is 0 Å². The number of rotatable bonds is 10. The summed E-state index contributed by atoms with van der Waals surface area (Å²) in [5.41, 5.74) is 5.16. The van der Waals surface area contributed by atoms with Gasteiger partial charge < -0.3 is 14.8 Å². The normalized spacial score (nSPS) is 11.7. The van der Waals surface area contributed by atoms with Crippen LogP contribution in [0.1, 0.15) is 36.1 Å². The van der Waals surface area contributed by atoms with E-state index in [4.69, 9.17) is 9.47 Å². The van der Waals surface area contributed by atoms with E-state index in [1.807, 2.05) is 91.0 Å². The number of hydrogen-bond donors (Lipinski definition) is 2. The molecule has 8 heteroatoms. The summed E-state index contributed by atoms with van der Waals surface area (Å²) in [4.78, 5) is 24.8. The average Bonchev–Trinajstić information content (AvgIpc) is 2.93. The van der Waals surface area contributed by atoms with Crippen LogP contribution >= 0.6 is 15.9 Å². The number of carbonyl (C=O) groups is 2. The van der Waals surface area contributed by atoms with E-state index in [0.29, 0.717) is 12.4 Å². The summed E-state index contributed by atoms with van der Waals surface area (Å²) in [5.74, 6) is 0.292. The zero-order chi connectivity index (χ0) is 26.7. The van der Waals surface area contributed by atoms with E-state index in [9.17, 15) is 9.59 Å². The molecule has 0 aromatic heterocycles. The maximum atomic E-state index is 12.8. The van der Waals surface area contributed by atoms with Crippen LogP contribution < -0.4 is 15.5 Å². The fourth-order valence-corrected chi connectivity index (χ4v) is 4.19. The Hall–Kier alpha value is -4.17. The summed E-state index contributed by atoms with van der Waals surface area (Å²) in [5, 5.41) is 8.95. The predicted octanol–water partition coefficient (Wildman–Crippen LogP) is 6.51. The zero-order valence-electron chi connectivity index (χ0n) is 20.9. The van der Waals surface area contributed by atoms with E-state index in [2.05, 4.69) is 31.8 Å². The van der Waals surface area contributed by atoms with E-state index in [0.717, 1.165) is 31.9 Å². The quantitative estimate of drug-likeness (QED) is 0.167. The largest absolute Gasteiger partial charge is 0.488 e. The highest BCUT2D eigenvalue weighted by molar-refractivity contribution is 9.10. The van der Waals surface area contributed by atoms with Crippen molar-refractivity contribution in [1.29, 1.82) is 0 Å². The third-order valence-corrected chi connectivity index (χ3v) is 6.31. The standard InChI is InChI=1S/C30H28BrN3O4/c1-2-37-30(36)33-27(23-9-4-3-5-10-23)18-29(35)34-32-19-26-25-11-7-6-8-22(25)14-17-28(26)38-20-21-12-15-24(31)16-13-21/h3-17,19,27H,2,18,20H2,1H3,(H,33,36)(H,34,35)/b32-19-/t27-/m0/s1. The number of alkyl carbamates (subject to hydrolysis) is 1. The maximum absolute atomic E-state index is 12.8. The Morgan fingerprint density at radius 3 is 2.45 bits per heavy atom. The minimum atomic E-state index is -0.582. The average molecular weight is 574 g/mol. The minimum absolute atomic E-state index is 0.0113. The Morgan fingerprint density at radius 1 is 0.947 bits per heavy atom. The second-order valence-corrected chi connectivity index (χ2v) is 9.35. The lowest BCUT2D eigenvalue weighted by Crippen LogP contribution is -2.33. The maximum Gasteiger partial charge on any atom is 0.407 e. The molecular weight excluding hydrogens is 546 g/mol. The summed E-state index contributed by atoms with van der Waals surface area (Å²) < 4.78 is 12.1. The van der Waals surface area contributed by atoms with Crippen molar-refractivity contribution in [1.82, 2.24) is 10.7 Å². The zero-order valence-corrected chi connectivity index (χ0v) is 22.5. The summed E-state index contributed by atoms with van der Waals surface area (Å²) in [6.07, 6.45) is 0.997. The summed E-state index contributed by atoms with van der Waals surface area (Å²) in [7, 11) is 0. The van der Waals surface area contributed by atoms with Crippen LogP contribution in [-0.2, 0) is 16.1 Å². The van der Waals surface area contributed by atoms with Crippen LogP contribution in [-0.4, -0.2) is 24.8 Å². The van der Waals surface area contributed by atoms with Gasteiger partial charge in [0.1, 0.15) is 12.4 Å². The van der Waals surface area contributed by atoms with Crippen LogP contribution in [0.5, 0.6) is 5.75 Å². The first-order valence-corrected chi connectivity index (χ1v) is 13.0. The van der Waals surface area contributed by atoms with Crippen LogP contribution in [0.15, 0.2) is 101 Å². The van der Waals surface area contributed by atoms with Crippen molar-refractivity contribution in [2.75, 3.05) is 6.61 Å². The number of halogens is 1. The fourth-order valence-electron chi connectivity index (χ4n) is 3.93. The molecule has 0 spiro atoms. The first kappa shape index (κ1) is 26.9. The molecule has 4 aromatic rings. The number of amides is 2. The van der Waals surface area contributed by atoms with Gasteiger partial charge in [0.25, 0.3) is 0 Å². The second-order valence-electron chi connectivity index (χ2n) is 8.44. The van der Waals surface area contributed by atoms with E-state index < -0.39 is 12.1 Å². The van der Waals surface area contributed by atoms with Crippen molar-refractivity contribution in [3.63, 3.8) is 0 Å². The van der Waals surface area contributed by atoms with Crippen molar-refractivity contribution >= 4 is 44.9 Å². The number of hydrogen-bond acceptors (Lipinski definition) is 5. The molecule has 1 atom stereocenters. The van der Waals surface area contributed by atoms with Gasteiger partial charge in [0.2, 0.25) is 5.91 Å². The monoisotopic (exact) mass is 573 g/mol. The van der Waals surface area contributed by atoms with Crippen LogP contribution in [0.2, 0.25) is 0 Å². The third-order valence-electron chi connectivity index (χ3n) is 5.78. The Bertz CT molecular complexity index is 1410. The Kier molecular flexibility index (Phi) is 9.48. The molecule has 4 rings (SSSR count). The highest BCUT2D eigenvalue weighted by Gasteiger charge is 2.19. The van der Waals surface area contributed by atoms with Crippen molar-refractivity contribution in [2.24, 2.45) is 5.10 Å². The summed E-state index contributed by atoms with van der Waals surface area (Å²) in [6.45, 7) is 2.35. The van der Waals surface area contributed by atoms with Gasteiger partial charge in [0.05, 0.1) is 25.3 Å². The molecular formula is C30H28BrN3O4. The number of carbonyl (C=O) groups excluding carboxylic acids is 2. The van der Waals surface area contributed by atoms with Crippen molar-refractivity contribution in [2.45, 2.75) is 26.0 Å². The summed E-state index contributed by atoms with van der Waals surface area (Å²) in [6, 6.07) is 28.4. The molecule has 0 saturated heterocycles. The van der Waals surface area contributed by atoms with Crippen LogP contribution in [0.3, 0.4) is 0 Å². The van der Waals surface area contributed by atoms with Crippen molar-refractivity contribution in [3.05, 3.63) is 112 Å². The Labute approximate surface area is 230 Å². The highest BCUT2D eigenvalue weighted by Crippen LogP contribution is 2.27. The number of nitrogens with one attached hydrogen (secondary N) is 2. The lowest BCUT2D eigenvalue weighted by atomic mass is 10.0. The summed E-state index contributed by atoms with van der Waals surface area (Å²) >= 11 is 3.45. The van der Waals surface area contributed by atoms with Gasteiger partial charge in [-0.25, -0.2) is 10.2 Å². The number of ether oxygens (including phenoxy) is 2. The molecule has 7 nitrogen and oxygen atoms in total. The van der Waals surface area contributed by atoms with Crippen molar-refractivity contribution in [3.8, 4) is 5.75 Å². The van der Waals surface area contributed by atoms with E-state index >= 15 is 0 Å². The number of nitrogens with zero attached hydrogens (tertiary/aromatic N) is 1. The number of fused-ring (bicyclic) bond motifs is 1. The van der Waals surface area contributed by atoms with E-state index in [-0.39, 0.29) is 18.9 Å². The van der Waals surface area contributed by atoms with Crippen molar-refractivity contribution < 1.29 is 19.1 Å². The molecule has 4 aromatic carbocycles. The molecule has 0 radical (unpaired) electrons. The molecule has 2 amide bonds. The van der Waals surface area contributed by atoms with Gasteiger partial charge in [-0.3, -0.25) is 4.79 Å². The van der Waals surface area contributed by atoms with E-state index in [1.54, 1.807) is 13.1 Å². The molecule has 0 aliphatic carbocycles.